The van der Waals surface area contributed by atoms with Crippen molar-refractivity contribution >= 4 is 29.0 Å². The lowest BCUT2D eigenvalue weighted by Crippen LogP contribution is -2.43. The third-order valence-electron chi connectivity index (χ3n) is 3.08. The highest BCUT2D eigenvalue weighted by Crippen LogP contribution is 2.36. The van der Waals surface area contributed by atoms with Crippen LogP contribution in [0.1, 0.15) is 15.9 Å². The van der Waals surface area contributed by atoms with Crippen molar-refractivity contribution < 1.29 is 18.0 Å². The lowest BCUT2D eigenvalue weighted by atomic mass is 9.87. The van der Waals surface area contributed by atoms with E-state index in [-0.39, 0.29) is 5.56 Å². The maximum Gasteiger partial charge on any atom is 0.417 e. The number of ketones is 1. The summed E-state index contributed by atoms with van der Waals surface area (Å²) in [7, 11) is 0. The molecule has 2 rings (SSSR count). The van der Waals surface area contributed by atoms with Gasteiger partial charge in [0, 0.05) is 5.56 Å². The molecule has 0 radical (unpaired) electrons. The number of hydrogen-bond acceptors (Lipinski definition) is 2. The predicted molar refractivity (Wildman–Crippen MR) is 75.3 cm³/mol. The van der Waals surface area contributed by atoms with E-state index in [9.17, 15) is 18.0 Å². The lowest BCUT2D eigenvalue weighted by Gasteiger charge is -2.27. The molecule has 112 valence electrons. The molecule has 0 bridgehead atoms. The van der Waals surface area contributed by atoms with Crippen molar-refractivity contribution in [2.45, 2.75) is 11.2 Å². The molecule has 1 aromatic carbocycles. The first-order valence-corrected chi connectivity index (χ1v) is 6.63. The van der Waals surface area contributed by atoms with Gasteiger partial charge in [-0.15, -0.1) is 0 Å². The Bertz CT molecular complexity index is 636. The highest BCUT2D eigenvalue weighted by Gasteiger charge is 2.38. The van der Waals surface area contributed by atoms with Crippen LogP contribution in [0.4, 0.5) is 13.2 Å². The summed E-state index contributed by atoms with van der Waals surface area (Å²) in [5.74, 6) is -1.55. The van der Waals surface area contributed by atoms with Crippen molar-refractivity contribution in [3.63, 3.8) is 0 Å². The summed E-state index contributed by atoms with van der Waals surface area (Å²) in [6, 6.07) is 2.97. The Kier molecular flexibility index (Phi) is 4.19. The van der Waals surface area contributed by atoms with Gasteiger partial charge in [0.05, 0.1) is 16.5 Å². The van der Waals surface area contributed by atoms with Crippen LogP contribution >= 0.6 is 23.2 Å². The van der Waals surface area contributed by atoms with Crippen molar-refractivity contribution in [3.8, 4) is 0 Å². The summed E-state index contributed by atoms with van der Waals surface area (Å²) >= 11 is 11.5. The Labute approximate surface area is 129 Å². The van der Waals surface area contributed by atoms with Gasteiger partial charge in [0.25, 0.3) is 0 Å². The Morgan fingerprint density at radius 1 is 1.29 bits per heavy atom. The summed E-state index contributed by atoms with van der Waals surface area (Å²) in [5.41, 5.74) is 4.56. The van der Waals surface area contributed by atoms with Gasteiger partial charge in [0.1, 0.15) is 5.00 Å². The van der Waals surface area contributed by atoms with E-state index >= 15 is 0 Å². The SMILES string of the molecule is NC1(Cl)C=CC=CC1C(=O)c1ccc(Cl)c(C(F)(F)F)c1. The number of rotatable bonds is 2. The number of alkyl halides is 4. The summed E-state index contributed by atoms with van der Waals surface area (Å²) in [6.07, 6.45) is 1.36. The van der Waals surface area contributed by atoms with E-state index in [0.717, 1.165) is 6.07 Å². The van der Waals surface area contributed by atoms with Gasteiger partial charge >= 0.3 is 6.18 Å². The Morgan fingerprint density at radius 3 is 2.52 bits per heavy atom. The number of Topliss-reactive ketones (excluding diaryl/α,β-unsaturated/α-hetero) is 1. The van der Waals surface area contributed by atoms with Gasteiger partial charge in [-0.1, -0.05) is 41.4 Å². The molecule has 2 atom stereocenters. The molecule has 1 aromatic rings. The summed E-state index contributed by atoms with van der Waals surface area (Å²) < 4.78 is 38.4. The van der Waals surface area contributed by atoms with Crippen LogP contribution in [0.15, 0.2) is 42.5 Å². The Balaban J connectivity index is 2.41. The minimum atomic E-state index is -4.64. The molecule has 0 spiro atoms. The molecule has 0 saturated carbocycles. The van der Waals surface area contributed by atoms with E-state index in [0.29, 0.717) is 6.07 Å². The minimum Gasteiger partial charge on any atom is -0.309 e. The van der Waals surface area contributed by atoms with Crippen LogP contribution in [-0.2, 0) is 6.18 Å². The fraction of sp³-hybridized carbons (Fsp3) is 0.214. The van der Waals surface area contributed by atoms with Gasteiger partial charge in [-0.25, -0.2) is 0 Å². The number of nitrogens with two attached hydrogens (primary N) is 1. The molecule has 0 aromatic heterocycles. The van der Waals surface area contributed by atoms with Crippen LogP contribution < -0.4 is 5.73 Å². The fourth-order valence-electron chi connectivity index (χ4n) is 1.99. The number of halogens is 5. The first-order chi connectivity index (χ1) is 9.63. The molecular weight excluding hydrogens is 326 g/mol. The zero-order valence-corrected chi connectivity index (χ0v) is 12.0. The topological polar surface area (TPSA) is 43.1 Å². The minimum absolute atomic E-state index is 0.146. The molecule has 2 N–H and O–H groups in total. The number of carbonyl (C=O) groups is 1. The standard InChI is InChI=1S/C14H10Cl2F3NO/c15-11-5-4-8(7-10(11)14(17,18)19)12(21)9-3-1-2-6-13(9,16)20/h1-7,9H,20H2. The molecule has 1 aliphatic rings. The van der Waals surface area contributed by atoms with Gasteiger partial charge in [0.2, 0.25) is 0 Å². The van der Waals surface area contributed by atoms with Gasteiger partial charge in [0.15, 0.2) is 5.78 Å². The van der Waals surface area contributed by atoms with Crippen molar-refractivity contribution in [3.05, 3.63) is 58.7 Å². The summed E-state index contributed by atoms with van der Waals surface area (Å²) in [6.45, 7) is 0. The smallest absolute Gasteiger partial charge is 0.309 e. The third kappa shape index (κ3) is 3.31. The molecule has 0 saturated heterocycles. The molecule has 0 fully saturated rings. The average Bonchev–Trinajstić information content (AvgIpc) is 2.36. The molecule has 0 heterocycles. The first-order valence-electron chi connectivity index (χ1n) is 5.88. The third-order valence-corrected chi connectivity index (χ3v) is 3.77. The summed E-state index contributed by atoms with van der Waals surface area (Å²) in [4.78, 5) is 10.9. The number of allylic oxidation sites excluding steroid dienone is 2. The Morgan fingerprint density at radius 2 is 1.95 bits per heavy atom. The van der Waals surface area contributed by atoms with Gasteiger partial charge < -0.3 is 5.73 Å². The second-order valence-corrected chi connectivity index (χ2v) is 5.67. The molecule has 1 aliphatic carbocycles. The second kappa shape index (κ2) is 5.48. The lowest BCUT2D eigenvalue weighted by molar-refractivity contribution is -0.137. The van der Waals surface area contributed by atoms with Crippen molar-refractivity contribution in [2.24, 2.45) is 11.7 Å². The normalized spacial score (nSPS) is 25.1. The number of carbonyl (C=O) groups excluding carboxylic acids is 1. The van der Waals surface area contributed by atoms with Crippen molar-refractivity contribution in [1.29, 1.82) is 0 Å². The predicted octanol–water partition coefficient (Wildman–Crippen LogP) is 4.18. The fourth-order valence-corrected chi connectivity index (χ4v) is 2.46. The van der Waals surface area contributed by atoms with E-state index in [1.54, 1.807) is 12.2 Å². The average molecular weight is 336 g/mol. The molecule has 0 amide bonds. The molecular formula is C14H10Cl2F3NO. The molecule has 7 heteroatoms. The highest BCUT2D eigenvalue weighted by molar-refractivity contribution is 6.31. The van der Waals surface area contributed by atoms with Crippen LogP contribution in [0, 0.1) is 5.92 Å². The van der Waals surface area contributed by atoms with Crippen molar-refractivity contribution in [1.82, 2.24) is 0 Å². The Hall–Kier alpha value is -1.30. The van der Waals surface area contributed by atoms with Crippen LogP contribution in [-0.4, -0.2) is 10.8 Å². The zero-order chi connectivity index (χ0) is 15.8. The molecule has 2 unspecified atom stereocenters. The van der Waals surface area contributed by atoms with Gasteiger partial charge in [-0.05, 0) is 24.3 Å². The number of benzene rings is 1. The van der Waals surface area contributed by atoms with E-state index < -0.39 is 33.5 Å². The molecule has 0 aliphatic heterocycles. The monoisotopic (exact) mass is 335 g/mol. The van der Waals surface area contributed by atoms with Crippen LogP contribution in [0.5, 0.6) is 0 Å². The van der Waals surface area contributed by atoms with Gasteiger partial charge in [-0.2, -0.15) is 13.2 Å². The highest BCUT2D eigenvalue weighted by atomic mass is 35.5. The zero-order valence-electron chi connectivity index (χ0n) is 10.5. The maximum absolute atomic E-state index is 12.8. The van der Waals surface area contributed by atoms with Gasteiger partial charge in [-0.3, -0.25) is 4.79 Å². The second-order valence-electron chi connectivity index (χ2n) is 4.61. The van der Waals surface area contributed by atoms with Crippen molar-refractivity contribution in [2.75, 3.05) is 0 Å². The van der Waals surface area contributed by atoms with E-state index in [1.165, 1.54) is 18.2 Å². The van der Waals surface area contributed by atoms with E-state index in [4.69, 9.17) is 28.9 Å². The van der Waals surface area contributed by atoms with E-state index in [2.05, 4.69) is 0 Å². The maximum atomic E-state index is 12.8. The molecule has 2 nitrogen and oxygen atoms in total. The summed E-state index contributed by atoms with van der Waals surface area (Å²) in [5, 5.41) is -0.469. The largest absolute Gasteiger partial charge is 0.417 e. The quantitative estimate of drug-likeness (QED) is 0.500. The van der Waals surface area contributed by atoms with Crippen LogP contribution in [0.3, 0.4) is 0 Å². The molecule has 21 heavy (non-hydrogen) atoms. The van der Waals surface area contributed by atoms with E-state index in [1.807, 2.05) is 0 Å². The first kappa shape index (κ1) is 16.1. The van der Waals surface area contributed by atoms with Crippen LogP contribution in [0.2, 0.25) is 5.02 Å². The number of hydrogen-bond donors (Lipinski definition) is 1. The van der Waals surface area contributed by atoms with Crippen LogP contribution in [0.25, 0.3) is 0 Å².